The maximum atomic E-state index is 15.2. The van der Waals surface area contributed by atoms with Crippen molar-refractivity contribution in [2.75, 3.05) is 7.11 Å². The molecule has 0 atom stereocenters. The highest BCUT2D eigenvalue weighted by molar-refractivity contribution is 5.89. The normalized spacial score (nSPS) is 11.2. The zero-order valence-electron chi connectivity index (χ0n) is 17.8. The minimum Gasteiger partial charge on any atom is -0.491 e. The van der Waals surface area contributed by atoms with E-state index in [2.05, 4.69) is 35.9 Å². The van der Waals surface area contributed by atoms with E-state index < -0.39 is 34.6 Å². The van der Waals surface area contributed by atoms with Gasteiger partial charge in [-0.1, -0.05) is 61.5 Å². The van der Waals surface area contributed by atoms with Gasteiger partial charge in [0.05, 0.1) is 7.11 Å². The van der Waals surface area contributed by atoms with Crippen LogP contribution in [0.15, 0.2) is 60.7 Å². The highest BCUT2D eigenvalue weighted by Gasteiger charge is 2.22. The van der Waals surface area contributed by atoms with Crippen LogP contribution in [0.5, 0.6) is 5.75 Å². The monoisotopic (exact) mass is 438 g/mol. The van der Waals surface area contributed by atoms with Gasteiger partial charge in [-0.05, 0) is 47.4 Å². The Morgan fingerprint density at radius 1 is 0.656 bits per heavy atom. The lowest BCUT2D eigenvalue weighted by molar-refractivity contribution is 0.347. The van der Waals surface area contributed by atoms with Gasteiger partial charge < -0.3 is 4.74 Å². The van der Waals surface area contributed by atoms with Gasteiger partial charge in [-0.2, -0.15) is 4.39 Å². The highest BCUT2D eigenvalue weighted by atomic mass is 19.2. The zero-order chi connectivity index (χ0) is 22.8. The first kappa shape index (κ1) is 21.9. The third-order valence-electron chi connectivity index (χ3n) is 5.76. The van der Waals surface area contributed by atoms with Gasteiger partial charge in [0, 0.05) is 16.5 Å². The predicted molar refractivity (Wildman–Crippen MR) is 119 cm³/mol. The molecule has 1 nitrogen and oxygen atoms in total. The molecule has 0 fully saturated rings. The first-order chi connectivity index (χ1) is 15.4. The second kappa shape index (κ2) is 9.03. The van der Waals surface area contributed by atoms with E-state index >= 15 is 4.39 Å². The first-order valence-corrected chi connectivity index (χ1v) is 10.4. The summed E-state index contributed by atoms with van der Waals surface area (Å²) < 4.78 is 62.4. The van der Waals surface area contributed by atoms with Crippen LogP contribution in [0.1, 0.15) is 23.6 Å². The number of halogens is 4. The van der Waals surface area contributed by atoms with E-state index in [1.165, 1.54) is 17.2 Å². The third kappa shape index (κ3) is 4.07. The Morgan fingerprint density at radius 2 is 1.31 bits per heavy atom. The molecule has 5 heteroatoms. The number of aryl methyl sites for hydroxylation is 3. The summed E-state index contributed by atoms with van der Waals surface area (Å²) in [5, 5.41) is 0.898. The molecule has 0 N–H and O–H groups in total. The number of fused-ring (bicyclic) bond motifs is 1. The van der Waals surface area contributed by atoms with Gasteiger partial charge in [0.25, 0.3) is 0 Å². The SMILES string of the molecule is CCc1ccc(CCc2ccc3c(F)c(-c4cc(F)c(OC)c(F)c4F)ccc3c2)cc1. The molecule has 0 aromatic heterocycles. The fourth-order valence-corrected chi connectivity index (χ4v) is 3.90. The molecule has 0 saturated carbocycles. The Balaban J connectivity index is 1.64. The topological polar surface area (TPSA) is 9.23 Å². The van der Waals surface area contributed by atoms with Crippen molar-refractivity contribution >= 4 is 10.8 Å². The number of benzene rings is 4. The third-order valence-corrected chi connectivity index (χ3v) is 5.76. The summed E-state index contributed by atoms with van der Waals surface area (Å²) in [4.78, 5) is 0. The van der Waals surface area contributed by atoms with Crippen LogP contribution in [0.3, 0.4) is 0 Å². The number of methoxy groups -OCH3 is 1. The molecule has 0 aliphatic carbocycles. The van der Waals surface area contributed by atoms with Gasteiger partial charge >= 0.3 is 0 Å². The van der Waals surface area contributed by atoms with Crippen molar-refractivity contribution in [3.8, 4) is 16.9 Å². The molecule has 0 saturated heterocycles. The summed E-state index contributed by atoms with van der Waals surface area (Å²) in [7, 11) is 1.04. The molecule has 0 radical (unpaired) electrons. The Bertz CT molecular complexity index is 1280. The molecular formula is C27H22F4O. The molecule has 0 aliphatic heterocycles. The van der Waals surface area contributed by atoms with E-state index in [1.54, 1.807) is 12.1 Å². The van der Waals surface area contributed by atoms with Crippen LogP contribution >= 0.6 is 0 Å². The molecule has 0 bridgehead atoms. The lowest BCUT2D eigenvalue weighted by Crippen LogP contribution is -2.00. The predicted octanol–water partition coefficient (Wildman–Crippen LogP) is 7.42. The average Bonchev–Trinajstić information content (AvgIpc) is 2.81. The lowest BCUT2D eigenvalue weighted by Gasteiger charge is -2.12. The Hall–Kier alpha value is -3.34. The van der Waals surface area contributed by atoms with Gasteiger partial charge in [-0.3, -0.25) is 0 Å². The number of rotatable bonds is 6. The molecule has 164 valence electrons. The molecule has 0 amide bonds. The summed E-state index contributed by atoms with van der Waals surface area (Å²) in [6.45, 7) is 2.12. The van der Waals surface area contributed by atoms with Gasteiger partial charge in [0.15, 0.2) is 17.4 Å². The van der Waals surface area contributed by atoms with E-state index in [1.807, 2.05) is 12.1 Å². The second-order valence-corrected chi connectivity index (χ2v) is 7.72. The molecule has 0 aliphatic rings. The van der Waals surface area contributed by atoms with Crippen LogP contribution < -0.4 is 4.74 Å². The van der Waals surface area contributed by atoms with Crippen molar-refractivity contribution in [3.63, 3.8) is 0 Å². The molecule has 0 heterocycles. The summed E-state index contributed by atoms with van der Waals surface area (Å²) in [5.41, 5.74) is 2.86. The van der Waals surface area contributed by atoms with Crippen molar-refractivity contribution < 1.29 is 22.3 Å². The number of hydrogen-bond acceptors (Lipinski definition) is 1. The van der Waals surface area contributed by atoms with E-state index in [-0.39, 0.29) is 10.9 Å². The molecular weight excluding hydrogens is 416 g/mol. The van der Waals surface area contributed by atoms with Gasteiger partial charge in [-0.25, -0.2) is 13.2 Å². The van der Waals surface area contributed by atoms with Crippen LogP contribution in [0.25, 0.3) is 21.9 Å². The zero-order valence-corrected chi connectivity index (χ0v) is 17.8. The first-order valence-electron chi connectivity index (χ1n) is 10.4. The van der Waals surface area contributed by atoms with E-state index in [0.29, 0.717) is 5.39 Å². The molecule has 0 unspecified atom stereocenters. The summed E-state index contributed by atoms with van der Waals surface area (Å²) in [6.07, 6.45) is 2.64. The molecule has 4 aromatic carbocycles. The maximum Gasteiger partial charge on any atom is 0.204 e. The largest absolute Gasteiger partial charge is 0.491 e. The van der Waals surface area contributed by atoms with Crippen molar-refractivity contribution in [2.24, 2.45) is 0 Å². The summed E-state index contributed by atoms with van der Waals surface area (Å²) >= 11 is 0. The second-order valence-electron chi connectivity index (χ2n) is 7.72. The van der Waals surface area contributed by atoms with Crippen LogP contribution in [-0.2, 0) is 19.3 Å². The quantitative estimate of drug-likeness (QED) is 0.225. The molecule has 0 spiro atoms. The van der Waals surface area contributed by atoms with Crippen molar-refractivity contribution in [3.05, 3.63) is 101 Å². The Kier molecular flexibility index (Phi) is 6.17. The van der Waals surface area contributed by atoms with Crippen LogP contribution in [-0.4, -0.2) is 7.11 Å². The standard InChI is InChI=1S/C27H22F4O/c1-3-16-4-6-17(7-5-16)8-9-18-10-12-20-19(14-18)11-13-21(24(20)29)22-15-23(28)27(32-2)26(31)25(22)30/h4-7,10-15H,3,8-9H2,1-2H3. The molecule has 4 aromatic rings. The van der Waals surface area contributed by atoms with Crippen LogP contribution in [0, 0.1) is 23.3 Å². The van der Waals surface area contributed by atoms with Crippen molar-refractivity contribution in [1.82, 2.24) is 0 Å². The summed E-state index contributed by atoms with van der Waals surface area (Å²) in [5.74, 6) is -5.49. The van der Waals surface area contributed by atoms with Crippen LogP contribution in [0.4, 0.5) is 17.6 Å². The minimum absolute atomic E-state index is 0.209. The molecule has 4 rings (SSSR count). The smallest absolute Gasteiger partial charge is 0.204 e. The van der Waals surface area contributed by atoms with Gasteiger partial charge in [0.1, 0.15) is 5.82 Å². The van der Waals surface area contributed by atoms with Crippen molar-refractivity contribution in [1.29, 1.82) is 0 Å². The van der Waals surface area contributed by atoms with E-state index in [0.717, 1.165) is 38.0 Å². The average molecular weight is 438 g/mol. The van der Waals surface area contributed by atoms with Crippen LogP contribution in [0.2, 0.25) is 0 Å². The molecule has 32 heavy (non-hydrogen) atoms. The van der Waals surface area contributed by atoms with E-state index in [4.69, 9.17) is 0 Å². The highest BCUT2D eigenvalue weighted by Crippen LogP contribution is 2.36. The minimum atomic E-state index is -1.48. The van der Waals surface area contributed by atoms with Crippen molar-refractivity contribution in [2.45, 2.75) is 26.2 Å². The maximum absolute atomic E-state index is 15.2. The van der Waals surface area contributed by atoms with Gasteiger partial charge in [-0.15, -0.1) is 0 Å². The van der Waals surface area contributed by atoms with Gasteiger partial charge in [0.2, 0.25) is 5.82 Å². The Labute approximate surface area is 184 Å². The summed E-state index contributed by atoms with van der Waals surface area (Å²) in [6, 6.07) is 17.5. The van der Waals surface area contributed by atoms with E-state index in [9.17, 15) is 13.2 Å². The number of ether oxygens (including phenoxy) is 1. The number of hydrogen-bond donors (Lipinski definition) is 0. The fraction of sp³-hybridized carbons (Fsp3) is 0.185. The Morgan fingerprint density at radius 3 is 2.00 bits per heavy atom. The lowest BCUT2D eigenvalue weighted by atomic mass is 9.96. The fourth-order valence-electron chi connectivity index (χ4n) is 3.90.